The maximum Gasteiger partial charge on any atom is 1.00 e. The van der Waals surface area contributed by atoms with Gasteiger partial charge in [0.25, 0.3) is 0 Å². The maximum atomic E-state index is 10.8. The average molecular weight is 278 g/mol. The van der Waals surface area contributed by atoms with E-state index in [2.05, 4.69) is 34.6 Å². The molecule has 1 rings (SSSR count). The molecule has 0 atom stereocenters. The molecule has 0 bridgehead atoms. The molecule has 0 radical (unpaired) electrons. The molecule has 18 heavy (non-hydrogen) atoms. The van der Waals surface area contributed by atoms with Crippen LogP contribution in [0.3, 0.4) is 0 Å². The second-order valence-electron chi connectivity index (χ2n) is 5.85. The summed E-state index contributed by atoms with van der Waals surface area (Å²) in [7, 11) is -4.35. The Kier molecular flexibility index (Phi) is 5.67. The Balaban J connectivity index is 0.00000289. The second kappa shape index (κ2) is 5.63. The van der Waals surface area contributed by atoms with E-state index in [-0.39, 0.29) is 45.3 Å². The molecule has 0 spiro atoms. The van der Waals surface area contributed by atoms with Crippen molar-refractivity contribution in [1.29, 1.82) is 0 Å². The first-order valence-corrected chi connectivity index (χ1v) is 6.93. The van der Waals surface area contributed by atoms with Crippen LogP contribution >= 0.6 is 0 Å². The Morgan fingerprint density at radius 3 is 1.61 bits per heavy atom. The van der Waals surface area contributed by atoms with Gasteiger partial charge in [-0.2, -0.15) is 0 Å². The van der Waals surface area contributed by atoms with Crippen LogP contribution in [-0.2, 0) is 15.5 Å². The van der Waals surface area contributed by atoms with Crippen LogP contribution in [0.1, 0.15) is 40.2 Å². The fraction of sp³-hybridized carbons (Fsp3) is 0.538. The molecular weight excluding hydrogens is 259 g/mol. The third-order valence-corrected chi connectivity index (χ3v) is 4.59. The van der Waals surface area contributed by atoms with Gasteiger partial charge in [0.1, 0.15) is 10.1 Å². The molecule has 1 aromatic carbocycles. The first-order chi connectivity index (χ1) is 7.46. The first-order valence-electron chi connectivity index (χ1n) is 5.53. The third-order valence-electron chi connectivity index (χ3n) is 3.74. The monoisotopic (exact) mass is 278 g/mol. The van der Waals surface area contributed by atoms with Crippen molar-refractivity contribution in [2.45, 2.75) is 44.9 Å². The van der Waals surface area contributed by atoms with E-state index in [0.717, 1.165) is 5.56 Å². The molecule has 0 fully saturated rings. The van der Waals surface area contributed by atoms with E-state index < -0.39 is 10.1 Å². The maximum absolute atomic E-state index is 10.8. The number of hydrogen-bond acceptors (Lipinski definition) is 3. The van der Waals surface area contributed by atoms with Crippen molar-refractivity contribution >= 4 is 10.1 Å². The van der Waals surface area contributed by atoms with Crippen molar-refractivity contribution in [2.24, 2.45) is 5.41 Å². The SMILES string of the molecule is CC(C)(C)C(C)(C)c1ccc(S(=O)(=O)[O-])cc1.[Na+]. The average Bonchev–Trinajstić information content (AvgIpc) is 2.15. The van der Waals surface area contributed by atoms with Crippen LogP contribution < -0.4 is 29.6 Å². The fourth-order valence-electron chi connectivity index (χ4n) is 1.47. The van der Waals surface area contributed by atoms with Crippen LogP contribution in [0.2, 0.25) is 0 Å². The van der Waals surface area contributed by atoms with Crippen molar-refractivity contribution in [3.05, 3.63) is 29.8 Å². The zero-order chi connectivity index (χ0) is 13.5. The number of rotatable bonds is 2. The Bertz CT molecular complexity index is 496. The van der Waals surface area contributed by atoms with Crippen molar-refractivity contribution in [2.75, 3.05) is 0 Å². The van der Waals surface area contributed by atoms with Gasteiger partial charge in [-0.3, -0.25) is 0 Å². The molecule has 5 heteroatoms. The van der Waals surface area contributed by atoms with Crippen molar-refractivity contribution in [3.8, 4) is 0 Å². The molecule has 0 amide bonds. The zero-order valence-electron chi connectivity index (χ0n) is 11.9. The summed E-state index contributed by atoms with van der Waals surface area (Å²) in [5.41, 5.74) is 0.973. The van der Waals surface area contributed by atoms with E-state index in [1.54, 1.807) is 12.1 Å². The Labute approximate surface area is 132 Å². The number of benzene rings is 1. The van der Waals surface area contributed by atoms with E-state index in [9.17, 15) is 13.0 Å². The van der Waals surface area contributed by atoms with Gasteiger partial charge in [0.2, 0.25) is 0 Å². The number of hydrogen-bond donors (Lipinski definition) is 0. The molecule has 1 aromatic rings. The third kappa shape index (κ3) is 3.81. The van der Waals surface area contributed by atoms with Crippen LogP contribution in [0.5, 0.6) is 0 Å². The fourth-order valence-corrected chi connectivity index (χ4v) is 1.94. The largest absolute Gasteiger partial charge is 1.00 e. The van der Waals surface area contributed by atoms with Gasteiger partial charge in [-0.05, 0) is 28.5 Å². The van der Waals surface area contributed by atoms with Gasteiger partial charge in [0.05, 0.1) is 4.90 Å². The zero-order valence-corrected chi connectivity index (χ0v) is 14.8. The topological polar surface area (TPSA) is 57.2 Å². The summed E-state index contributed by atoms with van der Waals surface area (Å²) < 4.78 is 32.5. The predicted octanol–water partition coefficient (Wildman–Crippen LogP) is -0.0816. The summed E-state index contributed by atoms with van der Waals surface area (Å²) in [6.45, 7) is 10.6. The van der Waals surface area contributed by atoms with Crippen molar-refractivity contribution in [1.82, 2.24) is 0 Å². The normalized spacial score (nSPS) is 13.0. The van der Waals surface area contributed by atoms with Gasteiger partial charge in [0.15, 0.2) is 0 Å². The minimum atomic E-state index is -4.35. The van der Waals surface area contributed by atoms with Gasteiger partial charge in [-0.15, -0.1) is 0 Å². The van der Waals surface area contributed by atoms with Gasteiger partial charge in [0, 0.05) is 0 Å². The van der Waals surface area contributed by atoms with E-state index in [1.807, 2.05) is 0 Å². The van der Waals surface area contributed by atoms with E-state index in [0.29, 0.717) is 0 Å². The minimum Gasteiger partial charge on any atom is -0.744 e. The summed E-state index contributed by atoms with van der Waals surface area (Å²) in [4.78, 5) is -0.175. The molecule has 0 N–H and O–H groups in total. The molecule has 96 valence electrons. The minimum absolute atomic E-state index is 0. The summed E-state index contributed by atoms with van der Waals surface area (Å²) >= 11 is 0. The molecule has 0 saturated heterocycles. The molecule has 0 saturated carbocycles. The second-order valence-corrected chi connectivity index (χ2v) is 7.23. The van der Waals surface area contributed by atoms with Crippen LogP contribution in [0.15, 0.2) is 29.2 Å². The van der Waals surface area contributed by atoms with Gasteiger partial charge < -0.3 is 4.55 Å². The Morgan fingerprint density at radius 2 is 1.33 bits per heavy atom. The van der Waals surface area contributed by atoms with Crippen LogP contribution in [0, 0.1) is 5.41 Å². The molecule has 0 aliphatic rings. The van der Waals surface area contributed by atoms with Crippen molar-refractivity contribution < 1.29 is 42.5 Å². The van der Waals surface area contributed by atoms with Crippen LogP contribution in [-0.4, -0.2) is 13.0 Å². The molecule has 0 heterocycles. The predicted molar refractivity (Wildman–Crippen MR) is 66.9 cm³/mol. The van der Waals surface area contributed by atoms with E-state index in [4.69, 9.17) is 0 Å². The van der Waals surface area contributed by atoms with Gasteiger partial charge in [-0.1, -0.05) is 46.8 Å². The molecule has 0 unspecified atom stereocenters. The summed E-state index contributed by atoms with van der Waals surface area (Å²) in [5, 5.41) is 0. The summed E-state index contributed by atoms with van der Waals surface area (Å²) in [5.74, 6) is 0. The van der Waals surface area contributed by atoms with E-state index in [1.165, 1.54) is 12.1 Å². The molecule has 0 aromatic heterocycles. The van der Waals surface area contributed by atoms with Crippen LogP contribution in [0.4, 0.5) is 0 Å². The Morgan fingerprint density at radius 1 is 0.944 bits per heavy atom. The first kappa shape index (κ1) is 18.1. The Hall–Kier alpha value is 0.130. The quantitative estimate of drug-likeness (QED) is 0.561. The van der Waals surface area contributed by atoms with Crippen LogP contribution in [0.25, 0.3) is 0 Å². The molecule has 0 aliphatic heterocycles. The molecular formula is C13H19NaO3S. The van der Waals surface area contributed by atoms with Gasteiger partial charge in [-0.25, -0.2) is 8.42 Å². The molecule has 0 aliphatic carbocycles. The summed E-state index contributed by atoms with van der Waals surface area (Å²) in [6.07, 6.45) is 0. The standard InChI is InChI=1S/C13H20O3S.Na/c1-12(2,3)13(4,5)10-6-8-11(9-7-10)17(14,15)16;/h6-9H,1-5H3,(H,14,15,16);/q;+1/p-1. The van der Waals surface area contributed by atoms with Gasteiger partial charge >= 0.3 is 29.6 Å². The summed E-state index contributed by atoms with van der Waals surface area (Å²) in [6, 6.07) is 6.20. The smallest absolute Gasteiger partial charge is 0.744 e. The molecule has 3 nitrogen and oxygen atoms in total. The van der Waals surface area contributed by atoms with E-state index >= 15 is 0 Å². The van der Waals surface area contributed by atoms with Crippen molar-refractivity contribution in [3.63, 3.8) is 0 Å².